The molecule has 2 bridgehead atoms. The van der Waals surface area contributed by atoms with Crippen molar-refractivity contribution in [3.05, 3.63) is 52.0 Å². The molecule has 8 heteroatoms. The van der Waals surface area contributed by atoms with Crippen molar-refractivity contribution in [2.75, 3.05) is 13.1 Å². The van der Waals surface area contributed by atoms with Crippen molar-refractivity contribution >= 4 is 0 Å². The van der Waals surface area contributed by atoms with E-state index in [0.717, 1.165) is 36.7 Å². The van der Waals surface area contributed by atoms with Crippen LogP contribution in [-0.2, 0) is 13.1 Å². The van der Waals surface area contributed by atoms with Crippen LogP contribution in [0.25, 0.3) is 11.4 Å². The summed E-state index contributed by atoms with van der Waals surface area (Å²) in [4.78, 5) is 17.6. The summed E-state index contributed by atoms with van der Waals surface area (Å²) >= 11 is 0. The summed E-state index contributed by atoms with van der Waals surface area (Å²) in [6.07, 6.45) is 4.73. The van der Waals surface area contributed by atoms with Gasteiger partial charge in [0.15, 0.2) is 0 Å². The third-order valence-corrected chi connectivity index (χ3v) is 5.53. The predicted molar refractivity (Wildman–Crippen MR) is 93.8 cm³/mol. The third-order valence-electron chi connectivity index (χ3n) is 5.53. The molecule has 2 aliphatic heterocycles. The molecule has 1 saturated heterocycles. The van der Waals surface area contributed by atoms with Gasteiger partial charge in [-0.25, -0.2) is 9.61 Å². The molecule has 0 radical (unpaired) electrons. The topological polar surface area (TPSA) is 90.8 Å². The molecule has 0 unspecified atom stereocenters. The molecule has 2 aliphatic rings. The van der Waals surface area contributed by atoms with Crippen LogP contribution < -0.4 is 10.9 Å². The van der Waals surface area contributed by atoms with Crippen molar-refractivity contribution < 1.29 is 4.63 Å². The van der Waals surface area contributed by atoms with E-state index in [-0.39, 0.29) is 5.56 Å². The van der Waals surface area contributed by atoms with Gasteiger partial charge in [-0.15, -0.1) is 0 Å². The molecule has 134 valence electrons. The van der Waals surface area contributed by atoms with Gasteiger partial charge in [-0.05, 0) is 37.9 Å². The van der Waals surface area contributed by atoms with Crippen LogP contribution in [0.15, 0.2) is 33.9 Å². The first-order valence-corrected chi connectivity index (χ1v) is 8.94. The third kappa shape index (κ3) is 2.40. The number of nitrogens with zero attached hydrogens (tertiary/aromatic N) is 5. The predicted octanol–water partition coefficient (Wildman–Crippen LogP) is 1.16. The van der Waals surface area contributed by atoms with E-state index in [1.165, 1.54) is 6.42 Å². The number of aryl methyl sites for hydroxylation is 1. The van der Waals surface area contributed by atoms with Gasteiger partial charge in [0.25, 0.3) is 5.56 Å². The number of hydrogen-bond donors (Lipinski definition) is 1. The van der Waals surface area contributed by atoms with Crippen LogP contribution in [0.2, 0.25) is 0 Å². The fourth-order valence-electron chi connectivity index (χ4n) is 4.20. The lowest BCUT2D eigenvalue weighted by atomic mass is 9.84. The Kier molecular flexibility index (Phi) is 3.53. The smallest absolute Gasteiger partial charge is 0.261 e. The zero-order valence-electron chi connectivity index (χ0n) is 14.6. The Morgan fingerprint density at radius 1 is 1.31 bits per heavy atom. The first-order valence-electron chi connectivity index (χ1n) is 8.94. The molecule has 8 nitrogen and oxygen atoms in total. The molecule has 0 saturated carbocycles. The highest BCUT2D eigenvalue weighted by Crippen LogP contribution is 2.32. The van der Waals surface area contributed by atoms with Crippen LogP contribution in [0.4, 0.5) is 0 Å². The molecule has 5 heterocycles. The Bertz CT molecular complexity index is 1020. The fraction of sp³-hybridized carbons (Fsp3) is 0.444. The molecule has 26 heavy (non-hydrogen) atoms. The lowest BCUT2D eigenvalue weighted by molar-refractivity contribution is 0.257. The lowest BCUT2D eigenvalue weighted by Gasteiger charge is -2.37. The second-order valence-corrected chi connectivity index (χ2v) is 7.22. The minimum Gasteiger partial charge on any atom is -0.325 e. The second-order valence-electron chi connectivity index (χ2n) is 7.22. The van der Waals surface area contributed by atoms with E-state index in [4.69, 9.17) is 4.63 Å². The average Bonchev–Trinajstić information content (AvgIpc) is 3.26. The zero-order valence-corrected chi connectivity index (χ0v) is 14.6. The van der Waals surface area contributed by atoms with Gasteiger partial charge >= 0.3 is 0 Å². The Hall–Kier alpha value is -2.74. The molecule has 3 aromatic rings. The average molecular weight is 352 g/mol. The number of fused-ring (bicyclic) bond motifs is 4. The monoisotopic (exact) mass is 352 g/mol. The molecule has 0 aliphatic carbocycles. The molecular formula is C18H20N6O2. The van der Waals surface area contributed by atoms with Gasteiger partial charge in [-0.2, -0.15) is 0 Å². The zero-order chi connectivity index (χ0) is 17.7. The number of pyridine rings is 1. The van der Waals surface area contributed by atoms with E-state index in [9.17, 15) is 4.79 Å². The van der Waals surface area contributed by atoms with Crippen LogP contribution in [0.3, 0.4) is 0 Å². The van der Waals surface area contributed by atoms with E-state index in [1.807, 2.05) is 28.3 Å². The summed E-state index contributed by atoms with van der Waals surface area (Å²) in [5, 5.41) is 11.2. The van der Waals surface area contributed by atoms with E-state index in [0.29, 0.717) is 29.8 Å². The van der Waals surface area contributed by atoms with Crippen LogP contribution >= 0.6 is 0 Å². The highest BCUT2D eigenvalue weighted by atomic mass is 16.6. The summed E-state index contributed by atoms with van der Waals surface area (Å²) in [5.41, 5.74) is 3.29. The van der Waals surface area contributed by atoms with Crippen LogP contribution in [-0.4, -0.2) is 37.5 Å². The maximum Gasteiger partial charge on any atom is 0.261 e. The van der Waals surface area contributed by atoms with Gasteiger partial charge in [0, 0.05) is 37.1 Å². The normalized spacial score (nSPS) is 21.6. The molecule has 0 spiro atoms. The summed E-state index contributed by atoms with van der Waals surface area (Å²) in [5.74, 6) is 1.60. The standard InChI is InChI=1S/C18H20N6O2/c1-11-15(22-26-21-11)10-23-5-4-20-17(23)14-2-3-16-13-6-12(7-19-8-13)9-24(16)18(14)25/h2-5,12-13,19H,6-10H2,1H3/t12-,13+/m0/s1. The molecule has 0 aromatic carbocycles. The SMILES string of the molecule is Cc1nonc1Cn1ccnc1-c1ccc2n(c1=O)C[C@@H]1CNC[C@H]2C1. The van der Waals surface area contributed by atoms with Crippen molar-refractivity contribution in [2.24, 2.45) is 5.92 Å². The maximum absolute atomic E-state index is 13.2. The summed E-state index contributed by atoms with van der Waals surface area (Å²) < 4.78 is 8.65. The van der Waals surface area contributed by atoms with Crippen LogP contribution in [0.1, 0.15) is 29.4 Å². The van der Waals surface area contributed by atoms with E-state index in [2.05, 4.69) is 26.7 Å². The largest absolute Gasteiger partial charge is 0.325 e. The first kappa shape index (κ1) is 15.5. The Labute approximate surface area is 149 Å². The van der Waals surface area contributed by atoms with Crippen molar-refractivity contribution in [3.63, 3.8) is 0 Å². The van der Waals surface area contributed by atoms with Gasteiger partial charge in [-0.3, -0.25) is 4.79 Å². The number of nitrogens with one attached hydrogen (secondary N) is 1. The molecule has 1 fully saturated rings. The van der Waals surface area contributed by atoms with Crippen molar-refractivity contribution in [1.82, 2.24) is 29.7 Å². The van der Waals surface area contributed by atoms with Crippen LogP contribution in [0.5, 0.6) is 0 Å². The summed E-state index contributed by atoms with van der Waals surface area (Å²) in [6, 6.07) is 4.00. The second kappa shape index (κ2) is 5.91. The van der Waals surface area contributed by atoms with Gasteiger partial charge in [-0.1, -0.05) is 10.3 Å². The maximum atomic E-state index is 13.2. The minimum atomic E-state index is 0.0431. The van der Waals surface area contributed by atoms with E-state index >= 15 is 0 Å². The Morgan fingerprint density at radius 3 is 3.08 bits per heavy atom. The van der Waals surface area contributed by atoms with Gasteiger partial charge in [0.1, 0.15) is 17.2 Å². The quantitative estimate of drug-likeness (QED) is 0.761. The number of aromatic nitrogens is 5. The Morgan fingerprint density at radius 2 is 2.23 bits per heavy atom. The summed E-state index contributed by atoms with van der Waals surface area (Å²) in [7, 11) is 0. The number of imidazole rings is 1. The first-order chi connectivity index (χ1) is 12.7. The summed E-state index contributed by atoms with van der Waals surface area (Å²) in [6.45, 7) is 5.03. The number of hydrogen-bond acceptors (Lipinski definition) is 6. The van der Waals surface area contributed by atoms with Gasteiger partial charge in [0.05, 0.1) is 12.1 Å². The number of piperidine rings is 1. The fourth-order valence-corrected chi connectivity index (χ4v) is 4.20. The lowest BCUT2D eigenvalue weighted by Crippen LogP contribution is -2.45. The van der Waals surface area contributed by atoms with Crippen molar-refractivity contribution in [1.29, 1.82) is 0 Å². The molecule has 5 rings (SSSR count). The van der Waals surface area contributed by atoms with Crippen LogP contribution in [0, 0.1) is 12.8 Å². The van der Waals surface area contributed by atoms with Gasteiger partial charge in [0.2, 0.25) is 0 Å². The highest BCUT2D eigenvalue weighted by Gasteiger charge is 2.31. The molecule has 2 atom stereocenters. The molecule has 0 amide bonds. The Balaban J connectivity index is 1.56. The minimum absolute atomic E-state index is 0.0431. The van der Waals surface area contributed by atoms with Crippen molar-refractivity contribution in [3.8, 4) is 11.4 Å². The van der Waals surface area contributed by atoms with E-state index in [1.54, 1.807) is 6.20 Å². The van der Waals surface area contributed by atoms with Crippen molar-refractivity contribution in [2.45, 2.75) is 32.4 Å². The highest BCUT2D eigenvalue weighted by molar-refractivity contribution is 5.55. The molecule has 1 N–H and O–H groups in total. The molecular weight excluding hydrogens is 332 g/mol. The van der Waals surface area contributed by atoms with E-state index < -0.39 is 0 Å². The number of rotatable bonds is 3. The molecule has 3 aromatic heterocycles. The van der Waals surface area contributed by atoms with Gasteiger partial charge < -0.3 is 14.5 Å².